The third kappa shape index (κ3) is 5.32. The Morgan fingerprint density at radius 3 is 2.81 bits per heavy atom. The van der Waals surface area contributed by atoms with E-state index >= 15 is 0 Å². The molecule has 1 aliphatic rings. The van der Waals surface area contributed by atoms with Gasteiger partial charge in [-0.2, -0.15) is 0 Å². The number of carboxylic acids is 1. The molecule has 0 amide bonds. The van der Waals surface area contributed by atoms with Crippen LogP contribution in [0.4, 0.5) is 0 Å². The van der Waals surface area contributed by atoms with Gasteiger partial charge in [0, 0.05) is 22.4 Å². The van der Waals surface area contributed by atoms with Crippen molar-refractivity contribution in [2.24, 2.45) is 11.8 Å². The number of hydrogen-bond acceptors (Lipinski definition) is 4. The van der Waals surface area contributed by atoms with Gasteiger partial charge >= 0.3 is 5.97 Å². The summed E-state index contributed by atoms with van der Waals surface area (Å²) in [5.74, 6) is -0.689. The first kappa shape index (κ1) is 20.3. The zero-order chi connectivity index (χ0) is 19.4. The highest BCUT2D eigenvalue weighted by Gasteiger charge is 2.39. The van der Waals surface area contributed by atoms with Crippen molar-refractivity contribution < 1.29 is 15.0 Å². The largest absolute Gasteiger partial charge is 0.477 e. The van der Waals surface area contributed by atoms with E-state index in [0.29, 0.717) is 16.5 Å². The molecule has 2 aromatic heterocycles. The number of aliphatic hydroxyl groups excluding tert-OH is 1. The number of aromatic carboxylic acids is 1. The van der Waals surface area contributed by atoms with Gasteiger partial charge in [0.25, 0.3) is 0 Å². The van der Waals surface area contributed by atoms with Gasteiger partial charge in [0.15, 0.2) is 0 Å². The minimum Gasteiger partial charge on any atom is -0.477 e. The minimum atomic E-state index is -0.882. The van der Waals surface area contributed by atoms with E-state index in [2.05, 4.69) is 4.98 Å². The average Bonchev–Trinajstić information content (AvgIpc) is 3.20. The van der Waals surface area contributed by atoms with Crippen molar-refractivity contribution in [3.05, 3.63) is 57.0 Å². The van der Waals surface area contributed by atoms with E-state index in [1.807, 2.05) is 24.3 Å². The van der Waals surface area contributed by atoms with Crippen molar-refractivity contribution in [2.75, 3.05) is 0 Å². The molecular formula is C20H21Cl2NO3S. The molecule has 0 aliphatic heterocycles. The molecule has 144 valence electrons. The number of rotatable bonds is 7. The van der Waals surface area contributed by atoms with Gasteiger partial charge in [-0.05, 0) is 55.4 Å². The standard InChI is InChI=1S/C20H21Cl2NO3S/c21-16-10-17(24)15(7-4-12-5-9-19(22)23-11-12)14(16)3-1-2-13-6-8-18(27-13)20(25)26/h4-9,11,14-17,24H,1-3,10H2,(H,25,26)/b7-4+/t14-,15-,16-,17-/m1/s1. The second-order valence-corrected chi connectivity index (χ2v) is 8.91. The maximum absolute atomic E-state index is 11.0. The van der Waals surface area contributed by atoms with Gasteiger partial charge in [0.05, 0.1) is 6.10 Å². The van der Waals surface area contributed by atoms with E-state index in [9.17, 15) is 9.90 Å². The average molecular weight is 426 g/mol. The first-order chi connectivity index (χ1) is 12.9. The zero-order valence-electron chi connectivity index (χ0n) is 14.6. The highest BCUT2D eigenvalue weighted by molar-refractivity contribution is 7.13. The molecule has 1 aliphatic carbocycles. The maximum atomic E-state index is 11.0. The second kappa shape index (κ2) is 9.20. The smallest absolute Gasteiger partial charge is 0.345 e. The van der Waals surface area contributed by atoms with E-state index in [1.165, 1.54) is 11.3 Å². The zero-order valence-corrected chi connectivity index (χ0v) is 16.9. The first-order valence-corrected chi connectivity index (χ1v) is 10.5. The van der Waals surface area contributed by atoms with Crippen molar-refractivity contribution >= 4 is 46.6 Å². The van der Waals surface area contributed by atoms with Crippen LogP contribution in [0.1, 0.15) is 39.4 Å². The summed E-state index contributed by atoms with van der Waals surface area (Å²) in [5.41, 5.74) is 0.933. The molecule has 27 heavy (non-hydrogen) atoms. The van der Waals surface area contributed by atoms with Crippen molar-refractivity contribution in [3.8, 4) is 0 Å². The van der Waals surface area contributed by atoms with Gasteiger partial charge in [-0.25, -0.2) is 9.78 Å². The summed E-state index contributed by atoms with van der Waals surface area (Å²) in [4.78, 5) is 16.5. The highest BCUT2D eigenvalue weighted by Crippen LogP contribution is 2.40. The fourth-order valence-corrected chi connectivity index (χ4v) is 5.06. The molecule has 4 atom stereocenters. The lowest BCUT2D eigenvalue weighted by Gasteiger charge is -2.20. The lowest BCUT2D eigenvalue weighted by Crippen LogP contribution is -2.18. The summed E-state index contributed by atoms with van der Waals surface area (Å²) in [6.07, 6.45) is 8.44. The Hall–Kier alpha value is -1.40. The molecule has 4 nitrogen and oxygen atoms in total. The summed E-state index contributed by atoms with van der Waals surface area (Å²) in [7, 11) is 0. The lowest BCUT2D eigenvalue weighted by molar-refractivity contribution is 0.0702. The minimum absolute atomic E-state index is 0.00101. The van der Waals surface area contributed by atoms with Gasteiger partial charge in [-0.3, -0.25) is 0 Å². The van der Waals surface area contributed by atoms with Gasteiger partial charge in [-0.1, -0.05) is 29.8 Å². The SMILES string of the molecule is O=C(O)c1ccc(CCC[C@@H]2[C@@H](/C=C/c3ccc(Cl)nc3)[C@H](O)C[C@H]2Cl)s1. The number of halogens is 2. The number of hydrogen-bond donors (Lipinski definition) is 2. The van der Waals surface area contributed by atoms with Gasteiger partial charge in [-0.15, -0.1) is 22.9 Å². The second-order valence-electron chi connectivity index (χ2n) is 6.80. The van der Waals surface area contributed by atoms with Crippen LogP contribution in [0.15, 0.2) is 36.5 Å². The summed E-state index contributed by atoms with van der Waals surface area (Å²) in [6.45, 7) is 0. The number of thiophene rings is 1. The van der Waals surface area contributed by atoms with Crippen molar-refractivity contribution in [1.82, 2.24) is 4.98 Å². The Bertz CT molecular complexity index is 806. The number of aryl methyl sites for hydroxylation is 1. The first-order valence-electron chi connectivity index (χ1n) is 8.88. The number of aliphatic hydroxyl groups is 1. The van der Waals surface area contributed by atoms with Crippen LogP contribution in [0.2, 0.25) is 5.15 Å². The molecule has 0 saturated heterocycles. The Kier molecular flexibility index (Phi) is 6.93. The summed E-state index contributed by atoms with van der Waals surface area (Å²) < 4.78 is 0. The van der Waals surface area contributed by atoms with Crippen molar-refractivity contribution in [1.29, 1.82) is 0 Å². The normalized spacial score (nSPS) is 25.3. The van der Waals surface area contributed by atoms with E-state index in [0.717, 1.165) is 29.7 Å². The quantitative estimate of drug-likeness (QED) is 0.475. The number of pyridine rings is 1. The van der Waals surface area contributed by atoms with Crippen LogP contribution in [0, 0.1) is 11.8 Å². The Balaban J connectivity index is 1.59. The third-order valence-corrected chi connectivity index (χ3v) is 6.82. The maximum Gasteiger partial charge on any atom is 0.345 e. The summed E-state index contributed by atoms with van der Waals surface area (Å²) in [5, 5.41) is 19.8. The fourth-order valence-electron chi connectivity index (χ4n) is 3.58. The molecule has 1 saturated carbocycles. The van der Waals surface area contributed by atoms with E-state index in [4.69, 9.17) is 28.3 Å². The number of nitrogens with zero attached hydrogens (tertiary/aromatic N) is 1. The molecule has 2 N–H and O–H groups in total. The fraction of sp³-hybridized carbons (Fsp3) is 0.400. The number of carbonyl (C=O) groups is 1. The molecule has 0 unspecified atom stereocenters. The Morgan fingerprint density at radius 1 is 1.33 bits per heavy atom. The van der Waals surface area contributed by atoms with E-state index in [-0.39, 0.29) is 17.2 Å². The van der Waals surface area contributed by atoms with Crippen LogP contribution in [-0.4, -0.2) is 32.6 Å². The van der Waals surface area contributed by atoms with Crippen LogP contribution in [-0.2, 0) is 6.42 Å². The van der Waals surface area contributed by atoms with Crippen LogP contribution in [0.3, 0.4) is 0 Å². The predicted octanol–water partition coefficient (Wildman–Crippen LogP) is 5.14. The molecule has 0 spiro atoms. The lowest BCUT2D eigenvalue weighted by atomic mass is 9.89. The monoisotopic (exact) mass is 425 g/mol. The molecule has 7 heteroatoms. The summed E-state index contributed by atoms with van der Waals surface area (Å²) >= 11 is 13.6. The molecular weight excluding hydrogens is 405 g/mol. The molecule has 2 aromatic rings. The van der Waals surface area contributed by atoms with Crippen LogP contribution in [0.5, 0.6) is 0 Å². The third-order valence-electron chi connectivity index (χ3n) is 4.96. The van der Waals surface area contributed by atoms with Gasteiger partial charge in [0.2, 0.25) is 0 Å². The molecule has 3 rings (SSSR count). The van der Waals surface area contributed by atoms with Crippen LogP contribution in [0.25, 0.3) is 6.08 Å². The number of aromatic nitrogens is 1. The van der Waals surface area contributed by atoms with Gasteiger partial charge < -0.3 is 10.2 Å². The number of alkyl halides is 1. The molecule has 2 heterocycles. The van der Waals surface area contributed by atoms with E-state index in [1.54, 1.807) is 18.3 Å². The molecule has 0 aromatic carbocycles. The highest BCUT2D eigenvalue weighted by atomic mass is 35.5. The van der Waals surface area contributed by atoms with Crippen molar-refractivity contribution in [3.63, 3.8) is 0 Å². The predicted molar refractivity (Wildman–Crippen MR) is 110 cm³/mol. The topological polar surface area (TPSA) is 70.4 Å². The van der Waals surface area contributed by atoms with Crippen LogP contribution < -0.4 is 0 Å². The molecule has 1 fully saturated rings. The van der Waals surface area contributed by atoms with Gasteiger partial charge in [0.1, 0.15) is 10.0 Å². The van der Waals surface area contributed by atoms with E-state index < -0.39 is 12.1 Å². The molecule has 0 radical (unpaired) electrons. The number of carboxylic acid groups (broad SMARTS) is 1. The van der Waals surface area contributed by atoms with Crippen LogP contribution >= 0.6 is 34.5 Å². The molecule has 0 bridgehead atoms. The van der Waals surface area contributed by atoms with Crippen molar-refractivity contribution in [2.45, 2.75) is 37.2 Å². The summed E-state index contributed by atoms with van der Waals surface area (Å²) in [6, 6.07) is 7.15. The Morgan fingerprint density at radius 2 is 2.15 bits per heavy atom. The Labute approximate surface area is 172 Å².